The van der Waals surface area contributed by atoms with E-state index in [9.17, 15) is 4.79 Å². The number of aryl methyl sites for hydroxylation is 1. The van der Waals surface area contributed by atoms with Gasteiger partial charge in [0.1, 0.15) is 0 Å². The first-order chi connectivity index (χ1) is 12.0. The first-order valence-electron chi connectivity index (χ1n) is 8.25. The van der Waals surface area contributed by atoms with E-state index >= 15 is 0 Å². The molecule has 25 heavy (non-hydrogen) atoms. The highest BCUT2D eigenvalue weighted by Crippen LogP contribution is 2.34. The maximum Gasteiger partial charge on any atom is 0.257 e. The lowest BCUT2D eigenvalue weighted by molar-refractivity contribution is 0.102. The molecule has 0 aliphatic rings. The number of halogens is 1. The van der Waals surface area contributed by atoms with Crippen molar-refractivity contribution < 1.29 is 4.79 Å². The van der Waals surface area contributed by atoms with E-state index in [1.807, 2.05) is 43.3 Å². The fraction of sp³-hybridized carbons (Fsp3) is 0.263. The van der Waals surface area contributed by atoms with Crippen LogP contribution in [0.1, 0.15) is 29.8 Å². The lowest BCUT2D eigenvalue weighted by Gasteiger charge is -2.20. The second-order valence-corrected chi connectivity index (χ2v) is 7.14. The number of nitrogens with one attached hydrogen (secondary N) is 1. The molecule has 0 atom stereocenters. The Balaban J connectivity index is 1.80. The van der Waals surface area contributed by atoms with Crippen LogP contribution in [-0.4, -0.2) is 24.0 Å². The van der Waals surface area contributed by atoms with Gasteiger partial charge in [-0.05, 0) is 56.7 Å². The molecular weight excluding hydrogens is 354 g/mol. The molecule has 4 nitrogen and oxygen atoms in total. The molecule has 0 saturated heterocycles. The minimum atomic E-state index is -0.168. The Labute approximate surface area is 156 Å². The number of hydrogen-bond acceptors (Lipinski definition) is 4. The number of aromatic nitrogens is 1. The Morgan fingerprint density at radius 2 is 1.84 bits per heavy atom. The molecule has 0 radical (unpaired) electrons. The lowest BCUT2D eigenvalue weighted by atomic mass is 10.2. The van der Waals surface area contributed by atoms with Gasteiger partial charge in [-0.1, -0.05) is 29.0 Å². The molecule has 0 aliphatic carbocycles. The van der Waals surface area contributed by atoms with Crippen molar-refractivity contribution >= 4 is 49.9 Å². The molecule has 0 spiro atoms. The van der Waals surface area contributed by atoms with E-state index in [-0.39, 0.29) is 5.91 Å². The van der Waals surface area contributed by atoms with Crippen molar-refractivity contribution in [3.63, 3.8) is 0 Å². The molecule has 0 unspecified atom stereocenters. The van der Waals surface area contributed by atoms with Crippen molar-refractivity contribution in [3.8, 4) is 0 Å². The predicted molar refractivity (Wildman–Crippen MR) is 107 cm³/mol. The van der Waals surface area contributed by atoms with Crippen LogP contribution >= 0.6 is 22.9 Å². The summed E-state index contributed by atoms with van der Waals surface area (Å²) in [5.74, 6) is -0.168. The number of carbonyl (C=O) groups excluding carboxylic acids is 1. The van der Waals surface area contributed by atoms with Crippen molar-refractivity contribution in [3.05, 3.63) is 52.5 Å². The van der Waals surface area contributed by atoms with E-state index in [0.717, 1.165) is 34.6 Å². The number of hydrogen-bond donors (Lipinski definition) is 1. The van der Waals surface area contributed by atoms with Gasteiger partial charge in [0.05, 0.1) is 15.2 Å². The Morgan fingerprint density at radius 3 is 2.44 bits per heavy atom. The number of fused-ring (bicyclic) bond motifs is 1. The summed E-state index contributed by atoms with van der Waals surface area (Å²) in [5, 5.41) is 4.09. The molecular formula is C19H20ClN3OS. The smallest absolute Gasteiger partial charge is 0.257 e. The van der Waals surface area contributed by atoms with Gasteiger partial charge in [0.2, 0.25) is 0 Å². The molecule has 0 bridgehead atoms. The second kappa shape index (κ2) is 7.42. The van der Waals surface area contributed by atoms with Gasteiger partial charge in [-0.15, -0.1) is 0 Å². The molecule has 130 valence electrons. The summed E-state index contributed by atoms with van der Waals surface area (Å²) in [5.41, 5.74) is 3.60. The molecule has 1 amide bonds. The van der Waals surface area contributed by atoms with E-state index in [0.29, 0.717) is 15.7 Å². The zero-order chi connectivity index (χ0) is 18.0. The van der Waals surface area contributed by atoms with E-state index < -0.39 is 0 Å². The van der Waals surface area contributed by atoms with Gasteiger partial charge < -0.3 is 4.90 Å². The highest BCUT2D eigenvalue weighted by atomic mass is 35.5. The van der Waals surface area contributed by atoms with Crippen LogP contribution in [0.4, 0.5) is 10.8 Å². The first kappa shape index (κ1) is 17.7. The summed E-state index contributed by atoms with van der Waals surface area (Å²) >= 11 is 7.62. The van der Waals surface area contributed by atoms with Gasteiger partial charge >= 0.3 is 0 Å². The molecule has 1 N–H and O–H groups in total. The average Bonchev–Trinajstić information content (AvgIpc) is 3.05. The third kappa shape index (κ3) is 3.62. The number of nitrogens with zero attached hydrogens (tertiary/aromatic N) is 2. The van der Waals surface area contributed by atoms with Gasteiger partial charge in [-0.25, -0.2) is 4.98 Å². The number of anilines is 2. The van der Waals surface area contributed by atoms with Crippen LogP contribution in [0.25, 0.3) is 10.2 Å². The molecule has 6 heteroatoms. The Hall–Kier alpha value is -2.11. The van der Waals surface area contributed by atoms with Crippen LogP contribution in [0.5, 0.6) is 0 Å². The van der Waals surface area contributed by atoms with Crippen LogP contribution in [-0.2, 0) is 0 Å². The monoisotopic (exact) mass is 373 g/mol. The predicted octanol–water partition coefficient (Wildman–Crippen LogP) is 5.36. The normalized spacial score (nSPS) is 10.9. The number of rotatable bonds is 5. The number of amides is 1. The van der Waals surface area contributed by atoms with Gasteiger partial charge in [0.25, 0.3) is 5.91 Å². The quantitative estimate of drug-likeness (QED) is 0.655. The van der Waals surface area contributed by atoms with Crippen LogP contribution in [0.15, 0.2) is 36.4 Å². The lowest BCUT2D eigenvalue weighted by Crippen LogP contribution is -2.21. The number of benzene rings is 2. The summed E-state index contributed by atoms with van der Waals surface area (Å²) in [6, 6.07) is 11.4. The van der Waals surface area contributed by atoms with Crippen LogP contribution in [0, 0.1) is 6.92 Å². The van der Waals surface area contributed by atoms with Gasteiger partial charge in [0.15, 0.2) is 5.13 Å². The number of carbonyl (C=O) groups is 1. The Morgan fingerprint density at radius 1 is 1.16 bits per heavy atom. The third-order valence-corrected chi connectivity index (χ3v) is 5.61. The van der Waals surface area contributed by atoms with E-state index in [4.69, 9.17) is 11.6 Å². The van der Waals surface area contributed by atoms with Crippen LogP contribution in [0.2, 0.25) is 5.02 Å². The fourth-order valence-corrected chi connectivity index (χ4v) is 3.95. The summed E-state index contributed by atoms with van der Waals surface area (Å²) < 4.78 is 0.897. The topological polar surface area (TPSA) is 45.2 Å². The van der Waals surface area contributed by atoms with E-state index in [2.05, 4.69) is 29.0 Å². The van der Waals surface area contributed by atoms with Crippen molar-refractivity contribution in [2.45, 2.75) is 20.8 Å². The fourth-order valence-electron chi connectivity index (χ4n) is 2.74. The first-order valence-corrected chi connectivity index (χ1v) is 9.45. The van der Waals surface area contributed by atoms with Crippen LogP contribution < -0.4 is 10.2 Å². The van der Waals surface area contributed by atoms with Crippen molar-refractivity contribution in [2.75, 3.05) is 23.3 Å². The number of thiazole rings is 1. The molecule has 3 rings (SSSR count). The molecule has 1 heterocycles. The maximum absolute atomic E-state index is 12.5. The molecule has 3 aromatic rings. The van der Waals surface area contributed by atoms with Crippen LogP contribution in [0.3, 0.4) is 0 Å². The summed E-state index contributed by atoms with van der Waals surface area (Å²) in [7, 11) is 0. The van der Waals surface area contributed by atoms with E-state index in [1.165, 1.54) is 11.3 Å². The molecule has 2 aromatic carbocycles. The summed E-state index contributed by atoms with van der Waals surface area (Å²) in [6.07, 6.45) is 0. The Kier molecular flexibility index (Phi) is 5.25. The van der Waals surface area contributed by atoms with Gasteiger partial charge in [0, 0.05) is 24.3 Å². The standard InChI is InChI=1S/C19H20ClN3OS/c1-4-23(5-2)14-9-7-13(8-10-14)18(24)22-19-21-16-12(3)6-11-15(20)17(16)25-19/h6-11H,4-5H2,1-3H3,(H,21,22,24). The van der Waals surface area contributed by atoms with E-state index in [1.54, 1.807) is 0 Å². The van der Waals surface area contributed by atoms with Gasteiger partial charge in [-0.3, -0.25) is 10.1 Å². The average molecular weight is 374 g/mol. The highest BCUT2D eigenvalue weighted by Gasteiger charge is 2.13. The van der Waals surface area contributed by atoms with Crippen molar-refractivity contribution in [2.24, 2.45) is 0 Å². The van der Waals surface area contributed by atoms with Crippen molar-refractivity contribution in [1.29, 1.82) is 0 Å². The summed E-state index contributed by atoms with van der Waals surface area (Å²) in [4.78, 5) is 19.2. The zero-order valence-corrected chi connectivity index (χ0v) is 16.0. The largest absolute Gasteiger partial charge is 0.372 e. The molecule has 0 fully saturated rings. The Bertz CT molecular complexity index is 862. The van der Waals surface area contributed by atoms with Gasteiger partial charge in [-0.2, -0.15) is 0 Å². The maximum atomic E-state index is 12.5. The third-order valence-electron chi connectivity index (χ3n) is 4.18. The highest BCUT2D eigenvalue weighted by molar-refractivity contribution is 7.23. The second-order valence-electron chi connectivity index (χ2n) is 5.73. The molecule has 0 saturated carbocycles. The molecule has 0 aliphatic heterocycles. The summed E-state index contributed by atoms with van der Waals surface area (Å²) in [6.45, 7) is 8.09. The van der Waals surface area contributed by atoms with Crippen molar-refractivity contribution in [1.82, 2.24) is 4.98 Å². The SMILES string of the molecule is CCN(CC)c1ccc(C(=O)Nc2nc3c(C)ccc(Cl)c3s2)cc1. The minimum Gasteiger partial charge on any atom is -0.372 e. The zero-order valence-electron chi connectivity index (χ0n) is 14.5. The molecule has 1 aromatic heterocycles. The minimum absolute atomic E-state index is 0.168.